The Morgan fingerprint density at radius 3 is 1.76 bits per heavy atom. The highest BCUT2D eigenvalue weighted by Crippen LogP contribution is 2.43. The molecule has 1 heteroatoms. The van der Waals surface area contributed by atoms with Gasteiger partial charge in [0.1, 0.15) is 0 Å². The van der Waals surface area contributed by atoms with Gasteiger partial charge in [-0.3, -0.25) is 4.98 Å². The van der Waals surface area contributed by atoms with Crippen molar-refractivity contribution in [3.63, 3.8) is 0 Å². The van der Waals surface area contributed by atoms with Crippen LogP contribution in [0.5, 0.6) is 0 Å². The molecule has 0 N–H and O–H groups in total. The summed E-state index contributed by atoms with van der Waals surface area (Å²) in [5.74, 6) is 0. The van der Waals surface area contributed by atoms with Crippen molar-refractivity contribution in [2.45, 2.75) is 20.8 Å². The van der Waals surface area contributed by atoms with Gasteiger partial charge in [0.25, 0.3) is 0 Å². The Balaban J connectivity index is 1.99. The van der Waals surface area contributed by atoms with Crippen LogP contribution >= 0.6 is 0 Å². The first kappa shape index (κ1) is 17.6. The first-order chi connectivity index (χ1) is 14.1. The molecular weight excluding hydrogens is 350 g/mol. The van der Waals surface area contributed by atoms with E-state index >= 15 is 0 Å². The molecule has 0 aliphatic rings. The Morgan fingerprint density at radius 2 is 1.10 bits per heavy atom. The van der Waals surface area contributed by atoms with Crippen LogP contribution in [0.15, 0.2) is 85.2 Å². The molecule has 0 saturated carbocycles. The van der Waals surface area contributed by atoms with Crippen molar-refractivity contribution in [3.8, 4) is 22.3 Å². The van der Waals surface area contributed by atoms with Crippen LogP contribution in [0.3, 0.4) is 0 Å². The summed E-state index contributed by atoms with van der Waals surface area (Å²) in [6.45, 7) is 6.60. The van der Waals surface area contributed by atoms with Crippen LogP contribution in [0.2, 0.25) is 0 Å². The van der Waals surface area contributed by atoms with Gasteiger partial charge >= 0.3 is 0 Å². The highest BCUT2D eigenvalue weighted by Gasteiger charge is 2.17. The molecule has 1 aromatic heterocycles. The van der Waals surface area contributed by atoms with Gasteiger partial charge in [0.15, 0.2) is 0 Å². The van der Waals surface area contributed by atoms with Crippen molar-refractivity contribution >= 4 is 21.5 Å². The second-order valence-electron chi connectivity index (χ2n) is 7.82. The van der Waals surface area contributed by atoms with Crippen molar-refractivity contribution in [2.75, 3.05) is 0 Å². The Hall–Kier alpha value is -3.45. The highest BCUT2D eigenvalue weighted by atomic mass is 14.6. The van der Waals surface area contributed by atoms with Crippen LogP contribution in [0, 0.1) is 20.8 Å². The highest BCUT2D eigenvalue weighted by molar-refractivity contribution is 6.21. The maximum atomic E-state index is 4.50. The number of fused-ring (bicyclic) bond motifs is 2. The third kappa shape index (κ3) is 2.82. The van der Waals surface area contributed by atoms with Gasteiger partial charge in [0.2, 0.25) is 0 Å². The summed E-state index contributed by atoms with van der Waals surface area (Å²) in [5.41, 5.74) is 9.07. The Kier molecular flexibility index (Phi) is 4.17. The molecule has 0 spiro atoms. The monoisotopic (exact) mass is 373 g/mol. The van der Waals surface area contributed by atoms with E-state index in [9.17, 15) is 0 Å². The van der Waals surface area contributed by atoms with Crippen molar-refractivity contribution in [3.05, 3.63) is 102 Å². The number of pyridine rings is 1. The molecule has 0 aliphatic carbocycles. The molecule has 0 unspecified atom stereocenters. The smallest absolute Gasteiger partial charge is 0.0353 e. The third-order valence-corrected chi connectivity index (χ3v) is 6.10. The van der Waals surface area contributed by atoms with Gasteiger partial charge in [-0.05, 0) is 81.9 Å². The molecule has 5 rings (SSSR count). The zero-order valence-corrected chi connectivity index (χ0v) is 17.0. The van der Waals surface area contributed by atoms with E-state index in [4.69, 9.17) is 0 Å². The standard InChI is InChI=1S/C28H23N/c1-18-15-22(16-19(2)20(18)3)28-24-12-8-7-11-23(24)27(21-9-5-4-6-10-21)25-13-14-29-17-26(25)28/h4-17H,1-3H3. The quantitative estimate of drug-likeness (QED) is 0.290. The van der Waals surface area contributed by atoms with Crippen molar-refractivity contribution in [1.29, 1.82) is 0 Å². The lowest BCUT2D eigenvalue weighted by atomic mass is 9.85. The average Bonchev–Trinajstić information content (AvgIpc) is 2.76. The van der Waals surface area contributed by atoms with Gasteiger partial charge in [-0.2, -0.15) is 0 Å². The van der Waals surface area contributed by atoms with Crippen molar-refractivity contribution in [2.24, 2.45) is 0 Å². The van der Waals surface area contributed by atoms with Gasteiger partial charge < -0.3 is 0 Å². The molecule has 0 atom stereocenters. The second-order valence-corrected chi connectivity index (χ2v) is 7.82. The predicted molar refractivity (Wildman–Crippen MR) is 124 cm³/mol. The number of aryl methyl sites for hydroxylation is 2. The van der Waals surface area contributed by atoms with E-state index in [1.54, 1.807) is 0 Å². The summed E-state index contributed by atoms with van der Waals surface area (Å²) in [5, 5.41) is 5.00. The van der Waals surface area contributed by atoms with Crippen LogP contribution in [0.25, 0.3) is 43.8 Å². The van der Waals surface area contributed by atoms with E-state index in [1.165, 1.54) is 60.5 Å². The predicted octanol–water partition coefficient (Wildman–Crippen LogP) is 7.65. The molecule has 140 valence electrons. The van der Waals surface area contributed by atoms with Crippen LogP contribution in [0.4, 0.5) is 0 Å². The van der Waals surface area contributed by atoms with Crippen LogP contribution < -0.4 is 0 Å². The van der Waals surface area contributed by atoms with Crippen LogP contribution in [-0.4, -0.2) is 4.98 Å². The fourth-order valence-electron chi connectivity index (χ4n) is 4.43. The van der Waals surface area contributed by atoms with Gasteiger partial charge in [-0.25, -0.2) is 0 Å². The van der Waals surface area contributed by atoms with Gasteiger partial charge in [-0.15, -0.1) is 0 Å². The van der Waals surface area contributed by atoms with Gasteiger partial charge in [0.05, 0.1) is 0 Å². The minimum atomic E-state index is 1.20. The maximum absolute atomic E-state index is 4.50. The Bertz CT molecular complexity index is 1280. The van der Waals surface area contributed by atoms with E-state index in [0.717, 1.165) is 0 Å². The molecule has 0 saturated heterocycles. The van der Waals surface area contributed by atoms with E-state index < -0.39 is 0 Å². The molecule has 0 amide bonds. The minimum absolute atomic E-state index is 1.20. The Morgan fingerprint density at radius 1 is 0.552 bits per heavy atom. The molecule has 0 bridgehead atoms. The largest absolute Gasteiger partial charge is 0.264 e. The summed E-state index contributed by atoms with van der Waals surface area (Å²) in [4.78, 5) is 4.50. The lowest BCUT2D eigenvalue weighted by molar-refractivity contribution is 1.27. The van der Waals surface area contributed by atoms with Gasteiger partial charge in [-0.1, -0.05) is 66.7 Å². The number of aromatic nitrogens is 1. The first-order valence-electron chi connectivity index (χ1n) is 10.1. The number of benzene rings is 4. The summed E-state index contributed by atoms with van der Waals surface area (Å²) in [7, 11) is 0. The molecule has 1 nitrogen and oxygen atoms in total. The molecular formula is C28H23N. The molecule has 0 fully saturated rings. The minimum Gasteiger partial charge on any atom is -0.264 e. The maximum Gasteiger partial charge on any atom is 0.0353 e. The first-order valence-corrected chi connectivity index (χ1v) is 10.1. The fourth-order valence-corrected chi connectivity index (χ4v) is 4.43. The molecule has 0 aliphatic heterocycles. The zero-order chi connectivity index (χ0) is 20.0. The summed E-state index contributed by atoms with van der Waals surface area (Å²) >= 11 is 0. The summed E-state index contributed by atoms with van der Waals surface area (Å²) < 4.78 is 0. The van der Waals surface area contributed by atoms with E-state index in [-0.39, 0.29) is 0 Å². The van der Waals surface area contributed by atoms with E-state index in [1.807, 2.05) is 12.4 Å². The normalized spacial score (nSPS) is 11.3. The number of hydrogen-bond donors (Lipinski definition) is 0. The lowest BCUT2D eigenvalue weighted by Gasteiger charge is -2.18. The fraction of sp³-hybridized carbons (Fsp3) is 0.107. The van der Waals surface area contributed by atoms with Crippen LogP contribution in [-0.2, 0) is 0 Å². The molecule has 29 heavy (non-hydrogen) atoms. The molecule has 4 aromatic carbocycles. The SMILES string of the molecule is Cc1cc(-c2c3ccccc3c(-c3ccccc3)c3ccncc23)cc(C)c1C. The summed E-state index contributed by atoms with van der Waals surface area (Å²) in [6.07, 6.45) is 3.92. The molecule has 5 aromatic rings. The zero-order valence-electron chi connectivity index (χ0n) is 17.0. The van der Waals surface area contributed by atoms with E-state index in [2.05, 4.69) is 98.6 Å². The van der Waals surface area contributed by atoms with Crippen molar-refractivity contribution in [1.82, 2.24) is 4.98 Å². The van der Waals surface area contributed by atoms with Crippen molar-refractivity contribution < 1.29 is 0 Å². The average molecular weight is 373 g/mol. The third-order valence-electron chi connectivity index (χ3n) is 6.10. The van der Waals surface area contributed by atoms with Crippen LogP contribution in [0.1, 0.15) is 16.7 Å². The summed E-state index contributed by atoms with van der Waals surface area (Å²) in [6, 6.07) is 26.2. The molecule has 0 radical (unpaired) electrons. The second kappa shape index (κ2) is 6.86. The molecule has 1 heterocycles. The number of hydrogen-bond acceptors (Lipinski definition) is 1. The Labute approximate surface area is 171 Å². The topological polar surface area (TPSA) is 12.9 Å². The number of nitrogens with zero attached hydrogens (tertiary/aromatic N) is 1. The van der Waals surface area contributed by atoms with Gasteiger partial charge in [0, 0.05) is 17.8 Å². The number of rotatable bonds is 2. The lowest BCUT2D eigenvalue weighted by Crippen LogP contribution is -1.93. The van der Waals surface area contributed by atoms with E-state index in [0.29, 0.717) is 0 Å².